The molecule has 1 aliphatic heterocycles. The van der Waals surface area contributed by atoms with Crippen LogP contribution in [0, 0.1) is 12.8 Å². The zero-order valence-electron chi connectivity index (χ0n) is 14.1. The first-order chi connectivity index (χ1) is 11.7. The van der Waals surface area contributed by atoms with Crippen molar-refractivity contribution in [1.82, 2.24) is 20.4 Å². The Morgan fingerprint density at radius 2 is 2.00 bits per heavy atom. The van der Waals surface area contributed by atoms with E-state index in [4.69, 9.17) is 0 Å². The highest BCUT2D eigenvalue weighted by Crippen LogP contribution is 2.22. The Labute approximate surface area is 147 Å². The number of hydrogen-bond acceptors (Lipinski definition) is 5. The summed E-state index contributed by atoms with van der Waals surface area (Å²) < 4.78 is 0. The molecule has 1 N–H and O–H groups in total. The van der Waals surface area contributed by atoms with E-state index in [0.29, 0.717) is 18.9 Å². The summed E-state index contributed by atoms with van der Waals surface area (Å²) in [4.78, 5) is 14.6. The third kappa shape index (κ3) is 5.11. The van der Waals surface area contributed by atoms with Gasteiger partial charge in [-0.3, -0.25) is 9.69 Å². The van der Waals surface area contributed by atoms with Gasteiger partial charge >= 0.3 is 0 Å². The van der Waals surface area contributed by atoms with Gasteiger partial charge in [0.25, 0.3) is 0 Å². The van der Waals surface area contributed by atoms with Crippen LogP contribution in [0.25, 0.3) is 0 Å². The lowest BCUT2D eigenvalue weighted by Crippen LogP contribution is -2.35. The summed E-state index contributed by atoms with van der Waals surface area (Å²) in [5.74, 6) is 0.623. The molecule has 1 saturated heterocycles. The van der Waals surface area contributed by atoms with Crippen LogP contribution in [0.1, 0.15) is 34.8 Å². The molecule has 1 fully saturated rings. The number of amides is 1. The Bertz CT molecular complexity index is 650. The Morgan fingerprint density at radius 3 is 2.67 bits per heavy atom. The lowest BCUT2D eigenvalue weighted by Gasteiger charge is -2.31. The quantitative estimate of drug-likeness (QED) is 0.875. The Kier molecular flexibility index (Phi) is 5.93. The molecule has 0 unspecified atom stereocenters. The van der Waals surface area contributed by atoms with Crippen LogP contribution in [0.15, 0.2) is 30.3 Å². The molecular formula is C18H24N4OS. The molecule has 6 heteroatoms. The van der Waals surface area contributed by atoms with Crippen molar-refractivity contribution in [3.8, 4) is 0 Å². The SMILES string of the molecule is Cc1nnc(CNC(=O)CC2CCN(Cc3ccccc3)CC2)s1. The molecule has 5 nitrogen and oxygen atoms in total. The average Bonchev–Trinajstić information content (AvgIpc) is 3.01. The Morgan fingerprint density at radius 1 is 1.25 bits per heavy atom. The fourth-order valence-corrected chi connectivity index (χ4v) is 3.76. The molecule has 1 aliphatic rings. The molecule has 3 rings (SSSR count). The normalized spacial score (nSPS) is 16.2. The maximum atomic E-state index is 12.1. The molecule has 128 valence electrons. The number of likely N-dealkylation sites (tertiary alicyclic amines) is 1. The number of carbonyl (C=O) groups excluding carboxylic acids is 1. The largest absolute Gasteiger partial charge is 0.350 e. The summed E-state index contributed by atoms with van der Waals surface area (Å²) in [6.07, 6.45) is 2.81. The van der Waals surface area contributed by atoms with Gasteiger partial charge in [-0.15, -0.1) is 10.2 Å². The van der Waals surface area contributed by atoms with E-state index >= 15 is 0 Å². The van der Waals surface area contributed by atoms with E-state index < -0.39 is 0 Å². The molecule has 0 saturated carbocycles. The molecule has 2 heterocycles. The van der Waals surface area contributed by atoms with E-state index in [2.05, 4.69) is 50.7 Å². The Hall–Kier alpha value is -1.79. The maximum Gasteiger partial charge on any atom is 0.220 e. The van der Waals surface area contributed by atoms with E-state index in [0.717, 1.165) is 42.5 Å². The van der Waals surface area contributed by atoms with Crippen molar-refractivity contribution in [2.75, 3.05) is 13.1 Å². The van der Waals surface area contributed by atoms with Gasteiger partial charge in [0.05, 0.1) is 6.54 Å². The molecule has 0 atom stereocenters. The molecule has 0 aliphatic carbocycles. The predicted octanol–water partition coefficient (Wildman–Crippen LogP) is 2.77. The fourth-order valence-electron chi connectivity index (χ4n) is 3.11. The summed E-state index contributed by atoms with van der Waals surface area (Å²) in [5.41, 5.74) is 1.36. The average molecular weight is 344 g/mol. The van der Waals surface area contributed by atoms with Gasteiger partial charge in [0, 0.05) is 13.0 Å². The zero-order valence-corrected chi connectivity index (χ0v) is 14.9. The van der Waals surface area contributed by atoms with E-state index in [1.54, 1.807) is 0 Å². The zero-order chi connectivity index (χ0) is 16.8. The lowest BCUT2D eigenvalue weighted by atomic mass is 9.93. The number of hydrogen-bond donors (Lipinski definition) is 1. The van der Waals surface area contributed by atoms with Crippen LogP contribution >= 0.6 is 11.3 Å². The van der Waals surface area contributed by atoms with Gasteiger partial charge in [0.15, 0.2) is 0 Å². The van der Waals surface area contributed by atoms with Gasteiger partial charge in [-0.1, -0.05) is 41.7 Å². The van der Waals surface area contributed by atoms with E-state index in [1.807, 2.05) is 6.92 Å². The van der Waals surface area contributed by atoms with Crippen LogP contribution < -0.4 is 5.32 Å². The van der Waals surface area contributed by atoms with Crippen molar-refractivity contribution in [2.24, 2.45) is 5.92 Å². The fraction of sp³-hybridized carbons (Fsp3) is 0.500. The molecule has 0 radical (unpaired) electrons. The van der Waals surface area contributed by atoms with Gasteiger partial charge in [-0.05, 0) is 44.3 Å². The Balaban J connectivity index is 1.36. The molecule has 2 aromatic rings. The van der Waals surface area contributed by atoms with E-state index in [9.17, 15) is 4.79 Å². The lowest BCUT2D eigenvalue weighted by molar-refractivity contribution is -0.122. The predicted molar refractivity (Wildman–Crippen MR) is 95.6 cm³/mol. The first-order valence-corrected chi connectivity index (χ1v) is 9.32. The highest BCUT2D eigenvalue weighted by atomic mass is 32.1. The third-order valence-corrected chi connectivity index (χ3v) is 5.27. The molecule has 24 heavy (non-hydrogen) atoms. The van der Waals surface area contributed by atoms with Crippen molar-refractivity contribution in [3.63, 3.8) is 0 Å². The molecule has 1 aromatic carbocycles. The highest BCUT2D eigenvalue weighted by Gasteiger charge is 2.21. The van der Waals surface area contributed by atoms with Crippen LogP contribution in [-0.4, -0.2) is 34.1 Å². The minimum atomic E-state index is 0.129. The van der Waals surface area contributed by atoms with Gasteiger partial charge in [0.2, 0.25) is 5.91 Å². The second kappa shape index (κ2) is 8.35. The van der Waals surface area contributed by atoms with Crippen LogP contribution in [0.2, 0.25) is 0 Å². The minimum Gasteiger partial charge on any atom is -0.350 e. The standard InChI is InChI=1S/C18H24N4OS/c1-14-20-21-18(24-14)12-19-17(23)11-15-7-9-22(10-8-15)13-16-5-3-2-4-6-16/h2-6,15H,7-13H2,1H3,(H,19,23). The summed E-state index contributed by atoms with van der Waals surface area (Å²) in [7, 11) is 0. The molecule has 1 amide bonds. The smallest absolute Gasteiger partial charge is 0.220 e. The second-order valence-corrected chi connectivity index (χ2v) is 7.67. The number of aryl methyl sites for hydroxylation is 1. The number of piperidine rings is 1. The van der Waals surface area contributed by atoms with Crippen LogP contribution in [-0.2, 0) is 17.9 Å². The van der Waals surface area contributed by atoms with Crippen molar-refractivity contribution in [3.05, 3.63) is 45.9 Å². The summed E-state index contributed by atoms with van der Waals surface area (Å²) in [5, 5.41) is 12.8. The first-order valence-electron chi connectivity index (χ1n) is 8.51. The van der Waals surface area contributed by atoms with Gasteiger partial charge < -0.3 is 5.32 Å². The summed E-state index contributed by atoms with van der Waals surface area (Å²) in [6.45, 7) is 5.57. The number of rotatable bonds is 6. The monoisotopic (exact) mass is 344 g/mol. The number of aromatic nitrogens is 2. The second-order valence-electron chi connectivity index (χ2n) is 6.40. The van der Waals surface area contributed by atoms with Crippen molar-refractivity contribution in [1.29, 1.82) is 0 Å². The maximum absolute atomic E-state index is 12.1. The molecule has 0 spiro atoms. The molecule has 1 aromatic heterocycles. The van der Waals surface area contributed by atoms with Crippen LogP contribution in [0.4, 0.5) is 0 Å². The minimum absolute atomic E-state index is 0.129. The number of nitrogens with zero attached hydrogens (tertiary/aromatic N) is 3. The topological polar surface area (TPSA) is 58.1 Å². The van der Waals surface area contributed by atoms with E-state index in [1.165, 1.54) is 16.9 Å². The van der Waals surface area contributed by atoms with Gasteiger partial charge in [0.1, 0.15) is 10.0 Å². The molecular weight excluding hydrogens is 320 g/mol. The summed E-state index contributed by atoms with van der Waals surface area (Å²) in [6, 6.07) is 10.6. The van der Waals surface area contributed by atoms with Crippen molar-refractivity contribution < 1.29 is 4.79 Å². The van der Waals surface area contributed by atoms with Crippen LogP contribution in [0.3, 0.4) is 0 Å². The third-order valence-electron chi connectivity index (χ3n) is 4.43. The van der Waals surface area contributed by atoms with Crippen LogP contribution in [0.5, 0.6) is 0 Å². The van der Waals surface area contributed by atoms with Gasteiger partial charge in [-0.2, -0.15) is 0 Å². The van der Waals surface area contributed by atoms with Crippen molar-refractivity contribution in [2.45, 2.75) is 39.3 Å². The number of benzene rings is 1. The molecule has 0 bridgehead atoms. The first kappa shape index (κ1) is 17.0. The number of carbonyl (C=O) groups is 1. The highest BCUT2D eigenvalue weighted by molar-refractivity contribution is 7.11. The summed E-state index contributed by atoms with van der Waals surface area (Å²) >= 11 is 1.53. The number of nitrogens with one attached hydrogen (secondary N) is 1. The van der Waals surface area contributed by atoms with Gasteiger partial charge in [-0.25, -0.2) is 0 Å². The van der Waals surface area contributed by atoms with E-state index in [-0.39, 0.29) is 5.91 Å². The van der Waals surface area contributed by atoms with Crippen molar-refractivity contribution >= 4 is 17.2 Å².